The monoisotopic (exact) mass is 385 g/mol. The second-order valence-corrected chi connectivity index (χ2v) is 8.58. The van der Waals surface area contributed by atoms with Gasteiger partial charge in [-0.25, -0.2) is 0 Å². The normalized spacial score (nSPS) is 16.5. The number of carbonyl (C=O) groups excluding carboxylic acids is 1. The van der Waals surface area contributed by atoms with Crippen LogP contribution in [-0.2, 0) is 4.79 Å². The molecule has 1 aliphatic rings. The summed E-state index contributed by atoms with van der Waals surface area (Å²) in [4.78, 5) is 24.7. The SMILES string of the molecule is Cc1ccc(-n2nc(S[C@@H](C)C(=O)NC3CCCCCC3)ccc2=O)cc1. The van der Waals surface area contributed by atoms with Gasteiger partial charge in [0.15, 0.2) is 0 Å². The molecule has 1 aromatic heterocycles. The number of aryl methyl sites for hydroxylation is 1. The van der Waals surface area contributed by atoms with Crippen molar-refractivity contribution in [2.24, 2.45) is 0 Å². The van der Waals surface area contributed by atoms with E-state index in [1.165, 1.54) is 48.2 Å². The maximum atomic E-state index is 12.6. The maximum absolute atomic E-state index is 12.6. The molecule has 27 heavy (non-hydrogen) atoms. The molecular weight excluding hydrogens is 358 g/mol. The Hall–Kier alpha value is -2.08. The second kappa shape index (κ2) is 9.22. The van der Waals surface area contributed by atoms with E-state index in [0.29, 0.717) is 5.03 Å². The third-order valence-electron chi connectivity index (χ3n) is 4.92. The number of nitrogens with one attached hydrogen (secondary N) is 1. The standard InChI is InChI=1S/C21H27N3O2S/c1-15-9-11-18(12-10-15)24-20(25)14-13-19(23-24)27-16(2)21(26)22-17-7-5-3-4-6-8-17/h9-14,16-17H,3-8H2,1-2H3,(H,22,26)/t16-/m0/s1. The Bertz CT molecular complexity index is 824. The van der Waals surface area contributed by atoms with Crippen molar-refractivity contribution < 1.29 is 4.79 Å². The fourth-order valence-corrected chi connectivity index (χ4v) is 4.12. The van der Waals surface area contributed by atoms with Crippen LogP contribution in [0.15, 0.2) is 46.2 Å². The molecule has 0 unspecified atom stereocenters. The molecule has 0 radical (unpaired) electrons. The summed E-state index contributed by atoms with van der Waals surface area (Å²) in [6.45, 7) is 3.89. The van der Waals surface area contributed by atoms with Crippen LogP contribution in [0, 0.1) is 6.92 Å². The molecule has 1 atom stereocenters. The molecule has 1 heterocycles. The van der Waals surface area contributed by atoms with Crippen LogP contribution in [0.4, 0.5) is 0 Å². The van der Waals surface area contributed by atoms with Crippen LogP contribution < -0.4 is 10.9 Å². The van der Waals surface area contributed by atoms with Gasteiger partial charge in [0.25, 0.3) is 5.56 Å². The molecule has 5 nitrogen and oxygen atoms in total. The summed E-state index contributed by atoms with van der Waals surface area (Å²) in [5.74, 6) is 0.0433. The molecule has 3 rings (SSSR count). The molecular formula is C21H27N3O2S. The number of rotatable bonds is 5. The molecule has 1 fully saturated rings. The predicted molar refractivity (Wildman–Crippen MR) is 110 cm³/mol. The second-order valence-electron chi connectivity index (χ2n) is 7.21. The van der Waals surface area contributed by atoms with Gasteiger partial charge in [-0.1, -0.05) is 55.1 Å². The van der Waals surface area contributed by atoms with Crippen molar-refractivity contribution in [1.29, 1.82) is 0 Å². The Morgan fingerprint density at radius 3 is 2.44 bits per heavy atom. The summed E-state index contributed by atoms with van der Waals surface area (Å²) in [6.07, 6.45) is 7.05. The Morgan fingerprint density at radius 2 is 1.78 bits per heavy atom. The summed E-state index contributed by atoms with van der Waals surface area (Å²) in [7, 11) is 0. The van der Waals surface area contributed by atoms with Gasteiger partial charge >= 0.3 is 0 Å². The van der Waals surface area contributed by atoms with Crippen molar-refractivity contribution in [1.82, 2.24) is 15.1 Å². The van der Waals surface area contributed by atoms with Crippen LogP contribution in [0.5, 0.6) is 0 Å². The summed E-state index contributed by atoms with van der Waals surface area (Å²) >= 11 is 1.38. The van der Waals surface area contributed by atoms with E-state index < -0.39 is 0 Å². The number of thioether (sulfide) groups is 1. The van der Waals surface area contributed by atoms with E-state index in [0.717, 1.165) is 24.1 Å². The minimum absolute atomic E-state index is 0.0433. The first kappa shape index (κ1) is 19.7. The fourth-order valence-electron chi connectivity index (χ4n) is 3.31. The van der Waals surface area contributed by atoms with E-state index in [-0.39, 0.29) is 22.8 Å². The number of amides is 1. The van der Waals surface area contributed by atoms with E-state index in [1.807, 2.05) is 38.1 Å². The van der Waals surface area contributed by atoms with Crippen LogP contribution in [0.3, 0.4) is 0 Å². The predicted octanol–water partition coefficient (Wildman–Crippen LogP) is 3.86. The first-order valence-corrected chi connectivity index (χ1v) is 10.6. The highest BCUT2D eigenvalue weighted by Gasteiger charge is 2.20. The van der Waals surface area contributed by atoms with Crippen LogP contribution >= 0.6 is 11.8 Å². The Balaban J connectivity index is 1.67. The lowest BCUT2D eigenvalue weighted by Crippen LogP contribution is -2.39. The highest BCUT2D eigenvalue weighted by atomic mass is 32.2. The van der Waals surface area contributed by atoms with Crippen LogP contribution in [0.2, 0.25) is 0 Å². The van der Waals surface area contributed by atoms with E-state index >= 15 is 0 Å². The highest BCUT2D eigenvalue weighted by molar-refractivity contribution is 8.00. The summed E-state index contributed by atoms with van der Waals surface area (Å²) in [5.41, 5.74) is 1.67. The minimum atomic E-state index is -0.260. The molecule has 1 N–H and O–H groups in total. The van der Waals surface area contributed by atoms with Crippen molar-refractivity contribution in [2.45, 2.75) is 68.7 Å². The Kier molecular flexibility index (Phi) is 6.72. The summed E-state index contributed by atoms with van der Waals surface area (Å²) in [5, 5.41) is 8.04. The van der Waals surface area contributed by atoms with Crippen molar-refractivity contribution in [3.05, 3.63) is 52.3 Å². The van der Waals surface area contributed by atoms with Gasteiger partial charge in [0.1, 0.15) is 5.03 Å². The van der Waals surface area contributed by atoms with Crippen molar-refractivity contribution >= 4 is 17.7 Å². The van der Waals surface area contributed by atoms with Crippen molar-refractivity contribution in [3.8, 4) is 5.69 Å². The average Bonchev–Trinajstić information content (AvgIpc) is 2.92. The number of carbonyl (C=O) groups is 1. The first-order valence-electron chi connectivity index (χ1n) is 9.67. The fraction of sp³-hybridized carbons (Fsp3) is 0.476. The lowest BCUT2D eigenvalue weighted by atomic mass is 10.1. The van der Waals surface area contributed by atoms with E-state index in [4.69, 9.17) is 0 Å². The minimum Gasteiger partial charge on any atom is -0.352 e. The zero-order valence-electron chi connectivity index (χ0n) is 16.0. The highest BCUT2D eigenvalue weighted by Crippen LogP contribution is 2.22. The molecule has 1 amide bonds. The zero-order valence-corrected chi connectivity index (χ0v) is 16.8. The van der Waals surface area contributed by atoms with Gasteiger partial charge in [0.05, 0.1) is 10.9 Å². The number of aromatic nitrogens is 2. The van der Waals surface area contributed by atoms with Gasteiger partial charge in [0.2, 0.25) is 5.91 Å². The topological polar surface area (TPSA) is 64.0 Å². The quantitative estimate of drug-likeness (QED) is 0.627. The average molecular weight is 386 g/mol. The van der Waals surface area contributed by atoms with E-state index in [9.17, 15) is 9.59 Å². The molecule has 6 heteroatoms. The molecule has 0 spiro atoms. The molecule has 1 aromatic carbocycles. The van der Waals surface area contributed by atoms with Gasteiger partial charge in [-0.3, -0.25) is 9.59 Å². The Morgan fingerprint density at radius 1 is 1.11 bits per heavy atom. The number of hydrogen-bond donors (Lipinski definition) is 1. The van der Waals surface area contributed by atoms with Gasteiger partial charge in [-0.05, 0) is 44.9 Å². The Labute approximate surface area is 164 Å². The van der Waals surface area contributed by atoms with Crippen LogP contribution in [0.25, 0.3) is 5.69 Å². The van der Waals surface area contributed by atoms with Gasteiger partial charge in [-0.2, -0.15) is 9.78 Å². The number of benzene rings is 1. The van der Waals surface area contributed by atoms with Gasteiger partial charge < -0.3 is 5.32 Å². The molecule has 2 aromatic rings. The van der Waals surface area contributed by atoms with Gasteiger partial charge in [0, 0.05) is 12.1 Å². The summed E-state index contributed by atoms with van der Waals surface area (Å²) < 4.78 is 1.39. The number of nitrogens with zero attached hydrogens (tertiary/aromatic N) is 2. The maximum Gasteiger partial charge on any atom is 0.271 e. The number of hydrogen-bond acceptors (Lipinski definition) is 4. The zero-order chi connectivity index (χ0) is 19.2. The third-order valence-corrected chi connectivity index (χ3v) is 5.95. The molecule has 1 aliphatic carbocycles. The lowest BCUT2D eigenvalue weighted by molar-refractivity contribution is -0.121. The smallest absolute Gasteiger partial charge is 0.271 e. The lowest BCUT2D eigenvalue weighted by Gasteiger charge is -2.19. The van der Waals surface area contributed by atoms with Gasteiger partial charge in [-0.15, -0.1) is 0 Å². The molecule has 0 aliphatic heterocycles. The first-order chi connectivity index (χ1) is 13.0. The largest absolute Gasteiger partial charge is 0.352 e. The van der Waals surface area contributed by atoms with E-state index in [2.05, 4.69) is 10.4 Å². The third kappa shape index (κ3) is 5.45. The molecule has 144 valence electrons. The van der Waals surface area contributed by atoms with Crippen LogP contribution in [-0.4, -0.2) is 27.0 Å². The van der Waals surface area contributed by atoms with Crippen molar-refractivity contribution in [3.63, 3.8) is 0 Å². The van der Waals surface area contributed by atoms with E-state index in [1.54, 1.807) is 6.07 Å². The molecule has 0 bridgehead atoms. The van der Waals surface area contributed by atoms with Crippen molar-refractivity contribution in [2.75, 3.05) is 0 Å². The summed E-state index contributed by atoms with van der Waals surface area (Å²) in [6, 6.07) is 11.1. The molecule has 1 saturated carbocycles. The van der Waals surface area contributed by atoms with Crippen LogP contribution in [0.1, 0.15) is 51.0 Å². The molecule has 0 saturated heterocycles.